The van der Waals surface area contributed by atoms with Crippen molar-refractivity contribution < 1.29 is 46.1 Å². The molecule has 2 aliphatic carbocycles. The Bertz CT molecular complexity index is 1030. The van der Waals surface area contributed by atoms with Crippen LogP contribution in [0.25, 0.3) is 11.1 Å². The molecule has 0 atom stereocenters. The van der Waals surface area contributed by atoms with Crippen LogP contribution in [-0.2, 0) is 27.7 Å². The quantitative estimate of drug-likeness (QED) is 0.473. The van der Waals surface area contributed by atoms with Crippen molar-refractivity contribution in [3.05, 3.63) is 74.1 Å². The van der Waals surface area contributed by atoms with Crippen LogP contribution in [0.3, 0.4) is 0 Å². The number of halogens is 2. The molecule has 152 valence electrons. The topological polar surface area (TPSA) is 0 Å². The summed E-state index contributed by atoms with van der Waals surface area (Å²) in [5, 5.41) is 0. The molecule has 0 aliphatic heterocycles. The van der Waals surface area contributed by atoms with Crippen LogP contribution in [0.1, 0.15) is 59.1 Å². The van der Waals surface area contributed by atoms with Crippen LogP contribution in [0.15, 0.2) is 63.0 Å². The van der Waals surface area contributed by atoms with Crippen LogP contribution in [0.5, 0.6) is 0 Å². The van der Waals surface area contributed by atoms with E-state index in [-0.39, 0.29) is 30.2 Å². The fourth-order valence-electron chi connectivity index (χ4n) is 4.96. The van der Waals surface area contributed by atoms with Crippen molar-refractivity contribution in [1.29, 1.82) is 0 Å². The maximum absolute atomic E-state index is 2.52. The second kappa shape index (κ2) is 9.17. The van der Waals surface area contributed by atoms with Crippen molar-refractivity contribution >= 4 is 6.48 Å². The average molecular weight is 505 g/mol. The van der Waals surface area contributed by atoms with E-state index < -0.39 is 21.3 Å². The van der Waals surface area contributed by atoms with Crippen molar-refractivity contribution in [3.63, 3.8) is 0 Å². The summed E-state index contributed by atoms with van der Waals surface area (Å²) in [7, 11) is 0. The maximum atomic E-state index is 2.52. The standard InChI is InChI=1S/C13H9.C10H15.C3H6.2ClH.Zr/c1-3-7-12-10(5-1)9-11-6-2-4-8-13(11)12;1-8-6-5-7-9(8)10(2,3)4;1-3-2;;;/h1-5,7-8H,9H2;7H,5H2,1-4H3;1-2H3;2*1H;/q;;;;;+2/p-2. The van der Waals surface area contributed by atoms with Crippen LogP contribution < -0.4 is 28.1 Å². The summed E-state index contributed by atoms with van der Waals surface area (Å²) in [5.74, 6) is 0. The Morgan fingerprint density at radius 1 is 0.897 bits per heavy atom. The molecular weight excluding hydrogens is 474 g/mol. The molecule has 0 amide bonds. The van der Waals surface area contributed by atoms with E-state index in [1.165, 1.54) is 23.1 Å². The van der Waals surface area contributed by atoms with Crippen LogP contribution in [0, 0.1) is 5.41 Å². The normalized spacial score (nSPS) is 14.2. The Hall–Kier alpha value is -0.747. The zero-order valence-electron chi connectivity index (χ0n) is 18.3. The van der Waals surface area contributed by atoms with Crippen molar-refractivity contribution in [1.82, 2.24) is 0 Å². The third kappa shape index (κ3) is 4.34. The Morgan fingerprint density at radius 3 is 2.17 bits per heavy atom. The van der Waals surface area contributed by atoms with Crippen LogP contribution in [0.2, 0.25) is 0 Å². The molecule has 2 aliphatic rings. The second-order valence-corrected chi connectivity index (χ2v) is 16.3. The summed E-state index contributed by atoms with van der Waals surface area (Å²) in [6.07, 6.45) is 4.81. The van der Waals surface area contributed by atoms with Crippen molar-refractivity contribution in [2.75, 3.05) is 0 Å². The van der Waals surface area contributed by atoms with Gasteiger partial charge >= 0.3 is 173 Å². The first kappa shape index (κ1) is 24.5. The van der Waals surface area contributed by atoms with Gasteiger partial charge in [0.15, 0.2) is 0 Å². The Morgan fingerprint density at radius 2 is 1.55 bits per heavy atom. The first-order chi connectivity index (χ1) is 12.8. The predicted octanol–water partition coefficient (Wildman–Crippen LogP) is 0.372. The molecule has 0 unspecified atom stereocenters. The van der Waals surface area contributed by atoms with Gasteiger partial charge in [-0.15, -0.1) is 0 Å². The molecule has 0 saturated carbocycles. The molecule has 0 radical (unpaired) electrons. The molecule has 4 rings (SSSR count). The minimum atomic E-state index is -2.04. The summed E-state index contributed by atoms with van der Waals surface area (Å²) >= 11 is -2.04. The molecule has 0 N–H and O–H groups in total. The van der Waals surface area contributed by atoms with Gasteiger partial charge in [-0.3, -0.25) is 0 Å². The largest absolute Gasteiger partial charge is 1.00 e. The van der Waals surface area contributed by atoms with Gasteiger partial charge in [0.05, 0.1) is 0 Å². The van der Waals surface area contributed by atoms with Gasteiger partial charge in [0.2, 0.25) is 0 Å². The molecule has 3 heteroatoms. The predicted molar refractivity (Wildman–Crippen MR) is 116 cm³/mol. The molecule has 0 saturated heterocycles. The smallest absolute Gasteiger partial charge is 1.00 e. The minimum absolute atomic E-state index is 0. The van der Waals surface area contributed by atoms with E-state index in [0.717, 1.165) is 6.42 Å². The monoisotopic (exact) mass is 502 g/mol. The SMILES string of the molecule is CC1=[C]([Zr+2](=[C](C)C)[c]2cccc3c2Cc2ccccc2-3)CC=C1C(C)(C)C.[Cl-].[Cl-]. The van der Waals surface area contributed by atoms with Gasteiger partial charge in [0.1, 0.15) is 0 Å². The molecule has 0 fully saturated rings. The number of benzene rings is 2. The molecule has 2 aromatic carbocycles. The Kier molecular flexibility index (Phi) is 7.76. The van der Waals surface area contributed by atoms with Gasteiger partial charge < -0.3 is 24.8 Å². The number of allylic oxidation sites excluding steroid dienone is 4. The fourth-order valence-corrected chi connectivity index (χ4v) is 12.5. The second-order valence-electron chi connectivity index (χ2n) is 9.22. The Labute approximate surface area is 196 Å². The molecule has 0 nitrogen and oxygen atoms in total. The summed E-state index contributed by atoms with van der Waals surface area (Å²) in [4.78, 5) is 0. The van der Waals surface area contributed by atoms with Gasteiger partial charge in [0, 0.05) is 0 Å². The van der Waals surface area contributed by atoms with E-state index in [1.54, 1.807) is 26.5 Å². The summed E-state index contributed by atoms with van der Waals surface area (Å²) in [6, 6.07) is 16.1. The molecule has 0 heterocycles. The molecule has 29 heavy (non-hydrogen) atoms. The maximum Gasteiger partial charge on any atom is -1.00 e. The summed E-state index contributed by atoms with van der Waals surface area (Å²) < 4.78 is 5.20. The van der Waals surface area contributed by atoms with Crippen LogP contribution >= 0.6 is 0 Å². The zero-order valence-corrected chi connectivity index (χ0v) is 22.3. The van der Waals surface area contributed by atoms with Crippen LogP contribution in [-0.4, -0.2) is 3.21 Å². The summed E-state index contributed by atoms with van der Waals surface area (Å²) in [6.45, 7) is 14.2. The van der Waals surface area contributed by atoms with Gasteiger partial charge in [0.25, 0.3) is 0 Å². The van der Waals surface area contributed by atoms with E-state index in [9.17, 15) is 0 Å². The van der Waals surface area contributed by atoms with E-state index >= 15 is 0 Å². The first-order valence-corrected chi connectivity index (χ1v) is 13.8. The molecule has 0 bridgehead atoms. The van der Waals surface area contributed by atoms with Crippen LogP contribution in [0.4, 0.5) is 0 Å². The van der Waals surface area contributed by atoms with Crippen molar-refractivity contribution in [2.24, 2.45) is 5.41 Å². The average Bonchev–Trinajstić information content (AvgIpc) is 3.16. The van der Waals surface area contributed by atoms with Gasteiger partial charge in [-0.2, -0.15) is 0 Å². The first-order valence-electron chi connectivity index (χ1n) is 10.1. The number of hydrogen-bond acceptors (Lipinski definition) is 0. The van der Waals surface area contributed by atoms with Gasteiger partial charge in [-0.1, -0.05) is 0 Å². The Balaban J connectivity index is 0.00000150. The third-order valence-electron chi connectivity index (χ3n) is 6.10. The van der Waals surface area contributed by atoms with Gasteiger partial charge in [-0.05, 0) is 0 Å². The van der Waals surface area contributed by atoms with E-state index in [4.69, 9.17) is 0 Å². The number of fused-ring (bicyclic) bond motifs is 3. The van der Waals surface area contributed by atoms with Crippen molar-refractivity contribution in [2.45, 2.75) is 54.4 Å². The fraction of sp³-hybridized carbons (Fsp3) is 0.346. The van der Waals surface area contributed by atoms with Crippen molar-refractivity contribution in [3.8, 4) is 11.1 Å². The zero-order chi connectivity index (χ0) is 19.3. The molecule has 2 aromatic rings. The van der Waals surface area contributed by atoms with Gasteiger partial charge in [-0.25, -0.2) is 0 Å². The molecule has 0 spiro atoms. The molecular formula is C26H30Cl2Zr. The third-order valence-corrected chi connectivity index (χ3v) is 13.9. The van der Waals surface area contributed by atoms with E-state index in [0.29, 0.717) is 0 Å². The summed E-state index contributed by atoms with van der Waals surface area (Å²) in [5.41, 5.74) is 9.50. The van der Waals surface area contributed by atoms with E-state index in [2.05, 4.69) is 90.1 Å². The van der Waals surface area contributed by atoms with E-state index in [1.807, 2.05) is 0 Å². The number of rotatable bonds is 2. The molecule has 0 aromatic heterocycles. The minimum Gasteiger partial charge on any atom is -1.00 e. The number of hydrogen-bond donors (Lipinski definition) is 0.